The second kappa shape index (κ2) is 15.6. The maximum Gasteiger partial charge on any atom is -0.00203 e. The molecule has 0 aliphatic carbocycles. The first-order chi connectivity index (χ1) is 32.8. The van der Waals surface area contributed by atoms with Crippen molar-refractivity contribution in [2.75, 3.05) is 0 Å². The van der Waals surface area contributed by atoms with Crippen LogP contribution in [-0.2, 0) is 0 Å². The fourth-order valence-corrected chi connectivity index (χ4v) is 11.1. The Hall–Kier alpha value is -8.58. The molecule has 13 rings (SSSR count). The largest absolute Gasteiger partial charge is 0.0622 e. The molecule has 0 fully saturated rings. The smallest absolute Gasteiger partial charge is 0.00203 e. The molecule has 0 atom stereocenters. The van der Waals surface area contributed by atoms with E-state index in [4.69, 9.17) is 0 Å². The fraction of sp³-hybridized carbons (Fsp3) is 0. The first kappa shape index (κ1) is 37.9. The lowest BCUT2D eigenvalue weighted by Gasteiger charge is -2.22. The van der Waals surface area contributed by atoms with Gasteiger partial charge in [-0.15, -0.1) is 0 Å². The van der Waals surface area contributed by atoms with Gasteiger partial charge >= 0.3 is 0 Å². The summed E-state index contributed by atoms with van der Waals surface area (Å²) in [5.41, 5.74) is 14.8. The van der Waals surface area contributed by atoms with Gasteiger partial charge in [0.2, 0.25) is 0 Å². The minimum Gasteiger partial charge on any atom is -0.0622 e. The molecule has 0 amide bonds. The summed E-state index contributed by atoms with van der Waals surface area (Å²) in [7, 11) is 0. The quantitative estimate of drug-likeness (QED) is 0.116. The molecule has 0 radical (unpaired) electrons. The molecule has 0 N–H and O–H groups in total. The van der Waals surface area contributed by atoms with E-state index in [-0.39, 0.29) is 0 Å². The standard InChI is InChI=1S/C66H42/c1-5-21-43(22-6-1)61-49-29-13-17-33-53(49)63(54-34-18-14-30-50(54)61)47-37-39-57-59(41-47)60-42-48(38-40-58(60)66(46-27-11-4-12-28-46)65(57)45-25-9-3-10-26-45)64-55-35-19-15-31-51(55)62(44-23-7-2-8-24-44)52-32-16-20-36-56(52)64/h1-42H. The van der Waals surface area contributed by atoms with Crippen molar-refractivity contribution >= 4 is 64.6 Å². The van der Waals surface area contributed by atoms with Gasteiger partial charge in [-0.05, 0) is 144 Å². The normalized spacial score (nSPS) is 11.6. The molecule has 0 unspecified atom stereocenters. The zero-order valence-corrected chi connectivity index (χ0v) is 36.2. The van der Waals surface area contributed by atoms with Crippen LogP contribution < -0.4 is 0 Å². The summed E-state index contributed by atoms with van der Waals surface area (Å²) in [6.07, 6.45) is 0. The maximum absolute atomic E-state index is 2.49. The Balaban J connectivity index is 1.17. The van der Waals surface area contributed by atoms with E-state index in [0.29, 0.717) is 0 Å². The van der Waals surface area contributed by atoms with Crippen LogP contribution in [0.25, 0.3) is 131 Å². The molecule has 0 aliphatic heterocycles. The van der Waals surface area contributed by atoms with Crippen molar-refractivity contribution in [3.63, 3.8) is 0 Å². The highest BCUT2D eigenvalue weighted by atomic mass is 14.3. The minimum atomic E-state index is 1.20. The van der Waals surface area contributed by atoms with E-state index in [1.165, 1.54) is 131 Å². The van der Waals surface area contributed by atoms with Gasteiger partial charge < -0.3 is 0 Å². The van der Waals surface area contributed by atoms with Crippen LogP contribution >= 0.6 is 0 Å². The fourth-order valence-electron chi connectivity index (χ4n) is 11.1. The average molecular weight is 835 g/mol. The van der Waals surface area contributed by atoms with Crippen LogP contribution in [0.1, 0.15) is 0 Å². The third-order valence-electron chi connectivity index (χ3n) is 13.8. The summed E-state index contributed by atoms with van der Waals surface area (Å²) in [6, 6.07) is 94.2. The molecule has 13 aromatic rings. The van der Waals surface area contributed by atoms with Gasteiger partial charge in [0, 0.05) is 0 Å². The molecule has 0 aliphatic rings. The molecule has 0 bridgehead atoms. The molecule has 0 nitrogen and oxygen atoms in total. The lowest BCUT2D eigenvalue weighted by Crippen LogP contribution is -1.95. The van der Waals surface area contributed by atoms with Crippen molar-refractivity contribution < 1.29 is 0 Å². The van der Waals surface area contributed by atoms with E-state index in [1.54, 1.807) is 0 Å². The topological polar surface area (TPSA) is 0 Å². The third kappa shape index (κ3) is 6.00. The van der Waals surface area contributed by atoms with Crippen LogP contribution in [0, 0.1) is 0 Å². The second-order valence-corrected chi connectivity index (χ2v) is 17.4. The Bertz CT molecular complexity index is 3620. The molecular formula is C66H42. The van der Waals surface area contributed by atoms with E-state index in [1.807, 2.05) is 0 Å². The summed E-state index contributed by atoms with van der Waals surface area (Å²) >= 11 is 0. The van der Waals surface area contributed by atoms with E-state index in [2.05, 4.69) is 255 Å². The molecule has 0 heterocycles. The molecule has 13 aromatic carbocycles. The van der Waals surface area contributed by atoms with Crippen molar-refractivity contribution in [3.8, 4) is 66.8 Å². The molecule has 0 aromatic heterocycles. The van der Waals surface area contributed by atoms with Gasteiger partial charge in [-0.25, -0.2) is 0 Å². The van der Waals surface area contributed by atoms with Crippen molar-refractivity contribution in [1.29, 1.82) is 0 Å². The average Bonchev–Trinajstić information content (AvgIpc) is 3.39. The van der Waals surface area contributed by atoms with Gasteiger partial charge in [0.25, 0.3) is 0 Å². The van der Waals surface area contributed by atoms with Gasteiger partial charge in [-0.1, -0.05) is 243 Å². The first-order valence-electron chi connectivity index (χ1n) is 22.9. The summed E-state index contributed by atoms with van der Waals surface area (Å²) in [5.74, 6) is 0. The number of hydrogen-bond acceptors (Lipinski definition) is 0. The second-order valence-electron chi connectivity index (χ2n) is 17.4. The monoisotopic (exact) mass is 834 g/mol. The number of fused-ring (bicyclic) bond motifs is 7. The maximum atomic E-state index is 2.49. The van der Waals surface area contributed by atoms with Crippen LogP contribution in [0.2, 0.25) is 0 Å². The predicted octanol–water partition coefficient (Wildman–Crippen LogP) is 18.6. The molecule has 0 heteroatoms. The SMILES string of the molecule is c1ccc(-c2c3ccccc3c(-c3ccc4c(-c5ccccc5)c(-c5ccccc5)c5ccc(-c6c7ccccc7c(-c7ccccc7)c7ccccc67)cc5c4c3)c3ccccc23)cc1. The summed E-state index contributed by atoms with van der Waals surface area (Å²) in [4.78, 5) is 0. The van der Waals surface area contributed by atoms with Crippen LogP contribution in [0.3, 0.4) is 0 Å². The molecule has 0 saturated heterocycles. The van der Waals surface area contributed by atoms with E-state index in [0.717, 1.165) is 0 Å². The van der Waals surface area contributed by atoms with Gasteiger partial charge in [-0.3, -0.25) is 0 Å². The van der Waals surface area contributed by atoms with Gasteiger partial charge in [-0.2, -0.15) is 0 Å². The molecule has 0 spiro atoms. The summed E-state index contributed by atoms with van der Waals surface area (Å²) in [5, 5.41) is 15.0. The van der Waals surface area contributed by atoms with Crippen molar-refractivity contribution in [1.82, 2.24) is 0 Å². The Labute approximate surface area is 384 Å². The molecule has 306 valence electrons. The van der Waals surface area contributed by atoms with Crippen molar-refractivity contribution in [3.05, 3.63) is 255 Å². The third-order valence-corrected chi connectivity index (χ3v) is 13.8. The van der Waals surface area contributed by atoms with Crippen LogP contribution in [0.4, 0.5) is 0 Å². The summed E-state index contributed by atoms with van der Waals surface area (Å²) < 4.78 is 0. The molecule has 0 saturated carbocycles. The van der Waals surface area contributed by atoms with E-state index < -0.39 is 0 Å². The Morgan fingerprint density at radius 1 is 0.121 bits per heavy atom. The lowest BCUT2D eigenvalue weighted by molar-refractivity contribution is 1.62. The Morgan fingerprint density at radius 2 is 0.318 bits per heavy atom. The highest BCUT2D eigenvalue weighted by Crippen LogP contribution is 2.50. The van der Waals surface area contributed by atoms with E-state index in [9.17, 15) is 0 Å². The molecular weight excluding hydrogens is 793 g/mol. The minimum absolute atomic E-state index is 1.20. The Kier molecular flexibility index (Phi) is 8.96. The van der Waals surface area contributed by atoms with Crippen LogP contribution in [0.5, 0.6) is 0 Å². The van der Waals surface area contributed by atoms with Gasteiger partial charge in [0.1, 0.15) is 0 Å². The predicted molar refractivity (Wildman–Crippen MR) is 284 cm³/mol. The zero-order valence-electron chi connectivity index (χ0n) is 36.2. The van der Waals surface area contributed by atoms with Gasteiger partial charge in [0.15, 0.2) is 0 Å². The lowest BCUT2D eigenvalue weighted by atomic mass is 9.81. The number of benzene rings is 13. The first-order valence-corrected chi connectivity index (χ1v) is 22.9. The number of hydrogen-bond donors (Lipinski definition) is 0. The molecule has 66 heavy (non-hydrogen) atoms. The van der Waals surface area contributed by atoms with Crippen molar-refractivity contribution in [2.45, 2.75) is 0 Å². The van der Waals surface area contributed by atoms with Gasteiger partial charge in [0.05, 0.1) is 0 Å². The van der Waals surface area contributed by atoms with Crippen LogP contribution in [0.15, 0.2) is 255 Å². The van der Waals surface area contributed by atoms with E-state index >= 15 is 0 Å². The Morgan fingerprint density at radius 3 is 0.576 bits per heavy atom. The highest BCUT2D eigenvalue weighted by Gasteiger charge is 2.23. The van der Waals surface area contributed by atoms with Crippen LogP contribution in [-0.4, -0.2) is 0 Å². The zero-order chi connectivity index (χ0) is 43.6. The van der Waals surface area contributed by atoms with Crippen molar-refractivity contribution in [2.24, 2.45) is 0 Å². The summed E-state index contributed by atoms with van der Waals surface area (Å²) in [6.45, 7) is 0. The number of rotatable bonds is 6. The highest BCUT2D eigenvalue weighted by molar-refractivity contribution is 6.27.